The molecule has 5 N–H and O–H groups in total. The van der Waals surface area contributed by atoms with E-state index in [4.69, 9.17) is 25.5 Å². The number of hydrogen-bond donors (Lipinski definition) is 3. The van der Waals surface area contributed by atoms with Crippen LogP contribution in [0.4, 0.5) is 0 Å². The Morgan fingerprint density at radius 3 is 1.29 bits per heavy atom. The van der Waals surface area contributed by atoms with Gasteiger partial charge in [-0.1, -0.05) is 77.9 Å². The fourth-order valence-electron chi connectivity index (χ4n) is 8.43. The number of nitrogens with two attached hydrogens (primary N) is 1. The Morgan fingerprint density at radius 2 is 0.962 bits per heavy atom. The molecular weight excluding hydrogens is 1010 g/mol. The number of carbonyl (C=O) groups is 4. The number of aryl methyl sites for hydroxylation is 8. The fraction of sp³-hybridized carbons (Fsp3) is 0.562. The van der Waals surface area contributed by atoms with E-state index >= 15 is 0 Å². The second kappa shape index (κ2) is 35.6. The molecule has 5 rings (SSSR count). The van der Waals surface area contributed by atoms with E-state index in [0.29, 0.717) is 57.5 Å². The van der Waals surface area contributed by atoms with Gasteiger partial charge in [0.1, 0.15) is 16.8 Å². The molecule has 79 heavy (non-hydrogen) atoms. The van der Waals surface area contributed by atoms with Crippen molar-refractivity contribution in [2.45, 2.75) is 210 Å². The Hall–Kier alpha value is -5.05. The molecule has 4 aromatic rings. The van der Waals surface area contributed by atoms with Crippen LogP contribution in [-0.2, 0) is 33.4 Å². The van der Waals surface area contributed by atoms with E-state index in [2.05, 4.69) is 131 Å². The molecule has 0 unspecified atom stereocenters. The number of esters is 3. The van der Waals surface area contributed by atoms with Gasteiger partial charge in [-0.25, -0.2) is 0 Å². The molecule has 4 atom stereocenters. The van der Waals surface area contributed by atoms with Gasteiger partial charge in [0.05, 0.1) is 0 Å². The third kappa shape index (κ3) is 29.8. The summed E-state index contributed by atoms with van der Waals surface area (Å²) in [5.41, 5.74) is 27.9. The van der Waals surface area contributed by atoms with E-state index in [1.807, 2.05) is 74.4 Å². The molecule has 0 saturated carbocycles. The summed E-state index contributed by atoms with van der Waals surface area (Å²) in [6.07, 6.45) is 4.64. The van der Waals surface area contributed by atoms with Crippen molar-refractivity contribution in [1.82, 2.24) is 5.32 Å². The van der Waals surface area contributed by atoms with E-state index in [1.54, 1.807) is 0 Å². The van der Waals surface area contributed by atoms with E-state index in [1.165, 1.54) is 55.6 Å². The van der Waals surface area contributed by atoms with E-state index < -0.39 is 16.8 Å². The molecule has 1 aliphatic heterocycles. The molecule has 14 nitrogen and oxygen atoms in total. The summed E-state index contributed by atoms with van der Waals surface area (Å²) in [7, 11) is 0. The maximum absolute atomic E-state index is 11.9. The average molecular weight is 1100 g/mol. The van der Waals surface area contributed by atoms with Crippen LogP contribution in [0.5, 0.6) is 0 Å². The van der Waals surface area contributed by atoms with Crippen LogP contribution in [0, 0.1) is 55.4 Å². The van der Waals surface area contributed by atoms with Crippen LogP contribution in [0.1, 0.15) is 204 Å². The zero-order valence-corrected chi connectivity index (χ0v) is 53.4. The van der Waals surface area contributed by atoms with E-state index in [0.717, 1.165) is 30.5 Å². The summed E-state index contributed by atoms with van der Waals surface area (Å²) in [6.45, 7) is 35.2. The quantitative estimate of drug-likeness (QED) is 0.0226. The average Bonchev–Trinajstić information content (AvgIpc) is 3.32. The topological polar surface area (TPSA) is 233 Å². The minimum atomic E-state index is -0.474. The minimum Gasteiger partial charge on any atom is -0.870 e. The van der Waals surface area contributed by atoms with Gasteiger partial charge < -0.3 is 35.8 Å². The molecule has 0 spiro atoms. The zero-order valence-electron chi connectivity index (χ0n) is 51.4. The molecule has 0 bridgehead atoms. The number of piperidine rings is 1. The van der Waals surface area contributed by atoms with Crippen molar-refractivity contribution in [3.63, 3.8) is 0 Å². The van der Waals surface area contributed by atoms with Gasteiger partial charge >= 0.3 is 47.5 Å². The second-order valence-corrected chi connectivity index (χ2v) is 23.7. The molecule has 432 valence electrons. The molecule has 1 fully saturated rings. The summed E-state index contributed by atoms with van der Waals surface area (Å²) >= 11 is 0. The molecule has 15 heteroatoms. The van der Waals surface area contributed by atoms with Gasteiger partial charge in [0.2, 0.25) is 5.91 Å². The molecule has 1 saturated heterocycles. The van der Waals surface area contributed by atoms with Crippen LogP contribution < -0.4 is 40.6 Å². The first-order valence-electron chi connectivity index (χ1n) is 27.4. The number of aliphatic hydroxyl groups is 1. The monoisotopic (exact) mass is 1100 g/mol. The predicted octanol–water partition coefficient (Wildman–Crippen LogP) is 10.9. The van der Waals surface area contributed by atoms with Crippen molar-refractivity contribution >= 4 is 23.8 Å². The Morgan fingerprint density at radius 1 is 0.608 bits per heavy atom. The predicted molar refractivity (Wildman–Crippen MR) is 314 cm³/mol. The van der Waals surface area contributed by atoms with E-state index in [9.17, 15) is 24.3 Å². The van der Waals surface area contributed by atoms with Crippen molar-refractivity contribution in [3.8, 4) is 0 Å². The van der Waals surface area contributed by atoms with E-state index in [-0.39, 0.29) is 83.2 Å². The van der Waals surface area contributed by atoms with Crippen LogP contribution in [0.3, 0.4) is 0 Å². The number of nitrogens with one attached hydrogen (secondary N) is 1. The van der Waals surface area contributed by atoms with Gasteiger partial charge in [-0.3, -0.25) is 19.2 Å². The molecule has 0 radical (unpaired) electrons. The first-order chi connectivity index (χ1) is 35.8. The number of amides is 1. The van der Waals surface area contributed by atoms with Crippen LogP contribution in [0.15, 0.2) is 77.9 Å². The molecule has 1 heterocycles. The Bertz CT molecular complexity index is 2490. The first-order valence-corrected chi connectivity index (χ1v) is 27.4. The maximum atomic E-state index is 11.9. The van der Waals surface area contributed by atoms with Crippen LogP contribution in [0.25, 0.3) is 10.4 Å². The zero-order chi connectivity index (χ0) is 58.3. The smallest absolute Gasteiger partial charge is 0.870 e. The summed E-state index contributed by atoms with van der Waals surface area (Å²) in [5, 5.41) is 16.1. The van der Waals surface area contributed by atoms with Crippen molar-refractivity contribution in [1.29, 1.82) is 0 Å². The number of aliphatic hydroxyl groups excluding tert-OH is 1. The first kappa shape index (κ1) is 74.0. The SMILES string of the molecule is Cc1ccc([C@@H](CN)CCC(=O)OC(C)(C)C)cc1C.Cc1ccc([C@@H](CO)CCC(=O)OC(C)(C)C)cc1C.Cc1ccc([C@@H]2CCC(=O)NC2)cc1C.Cc1ccc([C@H](CCC(=O)OC(C)(C)C)CN=[N+]=[N-])cc1C.[Na+].[OH-]. The Balaban J connectivity index is 0.00000102. The third-order valence-electron chi connectivity index (χ3n) is 13.5. The second-order valence-electron chi connectivity index (χ2n) is 23.7. The van der Waals surface area contributed by atoms with Crippen molar-refractivity contribution < 1.29 is 73.5 Å². The summed E-state index contributed by atoms with van der Waals surface area (Å²) in [4.78, 5) is 49.2. The van der Waals surface area contributed by atoms with Gasteiger partial charge in [-0.2, -0.15) is 0 Å². The van der Waals surface area contributed by atoms with Crippen LogP contribution in [-0.4, -0.2) is 77.4 Å². The number of nitrogens with zero attached hydrogens (tertiary/aromatic N) is 3. The maximum Gasteiger partial charge on any atom is 1.00 e. The van der Waals surface area contributed by atoms with Gasteiger partial charge in [-0.15, -0.1) is 0 Å². The number of hydrogen-bond acceptors (Lipinski definition) is 11. The van der Waals surface area contributed by atoms with Crippen LogP contribution in [0.2, 0.25) is 0 Å². The number of ether oxygens (including phenoxy) is 3. The largest absolute Gasteiger partial charge is 1.00 e. The molecule has 1 amide bonds. The normalized spacial score (nSPS) is 14.1. The standard InChI is InChI=1S/C17H25N3O2.C17H27NO2.C17H26O3.C13H17NO.Na.H2O/c1-12-6-7-14(10-13(12)2)15(11-19-20-18)8-9-16(21)22-17(3,4)5;2*1-12-6-7-14(10-13(12)2)15(11-18)8-9-16(19)20-17(3,4)5;1-9-3-4-11(7-10(9)2)12-5-6-13(15)14-8-12;;/h6-7,10,15H,8-9,11H2,1-5H3;6-7,10,15H,8-9,11,18H2,1-5H3;6-7,10,15,18H,8-9,11H2,1-5H3;3-4,7,12H,5-6,8H2,1-2H3,(H,14,15);;1H2/q;;;;+1;/p-1/t3*15-;12-;;/m1111../s1. The van der Waals surface area contributed by atoms with Crippen LogP contribution >= 0.6 is 0 Å². The van der Waals surface area contributed by atoms with Gasteiger partial charge in [0.15, 0.2) is 0 Å². The number of rotatable bonds is 17. The van der Waals surface area contributed by atoms with Gasteiger partial charge in [0.25, 0.3) is 0 Å². The Labute approximate surface area is 496 Å². The molecule has 1 aliphatic rings. The summed E-state index contributed by atoms with van der Waals surface area (Å²) in [6, 6.07) is 25.4. The third-order valence-corrected chi connectivity index (χ3v) is 13.5. The van der Waals surface area contributed by atoms with Crippen molar-refractivity contribution in [2.24, 2.45) is 10.8 Å². The molecule has 0 aromatic heterocycles. The summed E-state index contributed by atoms with van der Waals surface area (Å²) < 4.78 is 16.0. The number of carbonyl (C=O) groups excluding carboxylic acids is 4. The fourth-order valence-corrected chi connectivity index (χ4v) is 8.43. The number of azide groups is 1. The van der Waals surface area contributed by atoms with Gasteiger partial charge in [0, 0.05) is 62.1 Å². The van der Waals surface area contributed by atoms with Gasteiger partial charge in [-0.05, 0) is 234 Å². The molecular formula is C64H96N5NaO9. The summed E-state index contributed by atoms with van der Waals surface area (Å²) in [5.74, 6) is 0.338. The van der Waals surface area contributed by atoms with Crippen molar-refractivity contribution in [2.75, 3.05) is 26.2 Å². The molecule has 0 aliphatic carbocycles. The molecule has 4 aromatic carbocycles. The Kier molecular flexibility index (Phi) is 33.4. The van der Waals surface area contributed by atoms with Crippen molar-refractivity contribution in [3.05, 3.63) is 150 Å². The minimum absolute atomic E-state index is 0. The number of benzene rings is 4.